The molecule has 2 rings (SSSR count). The number of fused-ring (bicyclic) bond motifs is 1. The van der Waals surface area contributed by atoms with E-state index >= 15 is 0 Å². The van der Waals surface area contributed by atoms with Gasteiger partial charge >= 0.3 is 0 Å². The zero-order chi connectivity index (χ0) is 16.7. The number of hydrogen-bond acceptors (Lipinski definition) is 5. The molecule has 0 aliphatic heterocycles. The van der Waals surface area contributed by atoms with Gasteiger partial charge in [0.25, 0.3) is 0 Å². The summed E-state index contributed by atoms with van der Waals surface area (Å²) in [4.78, 5) is 4.08. The van der Waals surface area contributed by atoms with Crippen LogP contribution < -0.4 is 15.4 Å². The number of hydrogen-bond donors (Lipinski definition) is 3. The number of rotatable bonds is 7. The Kier molecular flexibility index (Phi) is 8.35. The first-order valence-corrected chi connectivity index (χ1v) is 8.91. The van der Waals surface area contributed by atoms with Gasteiger partial charge in [0, 0.05) is 26.3 Å². The molecule has 0 aliphatic rings. The lowest BCUT2D eigenvalue weighted by Gasteiger charge is -2.11. The third-order valence-electron chi connectivity index (χ3n) is 3.14. The van der Waals surface area contributed by atoms with E-state index in [2.05, 4.69) is 30.5 Å². The number of sulfonamides is 1. The van der Waals surface area contributed by atoms with Gasteiger partial charge in [-0.05, 0) is 19.1 Å². The van der Waals surface area contributed by atoms with E-state index in [1.165, 1.54) is 0 Å². The van der Waals surface area contributed by atoms with Gasteiger partial charge in [-0.15, -0.1) is 34.2 Å². The highest BCUT2D eigenvalue weighted by Gasteiger charge is 2.07. The third-order valence-corrected chi connectivity index (χ3v) is 4.55. The summed E-state index contributed by atoms with van der Waals surface area (Å²) >= 11 is 0. The minimum Gasteiger partial charge on any atom is -0.355 e. The zero-order valence-electron chi connectivity index (χ0n) is 13.6. The molecule has 0 amide bonds. The van der Waals surface area contributed by atoms with Gasteiger partial charge in [-0.3, -0.25) is 9.39 Å². The lowest BCUT2D eigenvalue weighted by Crippen LogP contribution is -2.41. The van der Waals surface area contributed by atoms with E-state index in [9.17, 15) is 8.42 Å². The zero-order valence-corrected chi connectivity index (χ0v) is 16.7. The molecule has 0 radical (unpaired) electrons. The number of nitrogens with one attached hydrogen (secondary N) is 3. The van der Waals surface area contributed by atoms with E-state index in [-0.39, 0.29) is 29.7 Å². The normalized spacial score (nSPS) is 12.0. The van der Waals surface area contributed by atoms with Crippen molar-refractivity contribution in [3.63, 3.8) is 0 Å². The molecule has 134 valence electrons. The summed E-state index contributed by atoms with van der Waals surface area (Å²) < 4.78 is 27.0. The topological polar surface area (TPSA) is 113 Å². The molecule has 0 atom stereocenters. The monoisotopic (exact) mass is 467 g/mol. The highest BCUT2D eigenvalue weighted by molar-refractivity contribution is 14.0. The van der Waals surface area contributed by atoms with Gasteiger partial charge in [-0.25, -0.2) is 13.1 Å². The number of aliphatic imine (C=N–C) groups is 1. The molecule has 0 fully saturated rings. The van der Waals surface area contributed by atoms with Crippen LogP contribution in [0.25, 0.3) is 5.65 Å². The molecule has 9 nitrogen and oxygen atoms in total. The highest BCUT2D eigenvalue weighted by atomic mass is 127. The van der Waals surface area contributed by atoms with E-state index < -0.39 is 10.0 Å². The maximum Gasteiger partial charge on any atom is 0.211 e. The molecule has 0 aromatic carbocycles. The molecule has 2 aromatic heterocycles. The van der Waals surface area contributed by atoms with E-state index in [1.807, 2.05) is 28.8 Å². The first-order chi connectivity index (χ1) is 11.1. The molecule has 0 saturated carbocycles. The number of aromatic nitrogens is 3. The largest absolute Gasteiger partial charge is 0.355 e. The number of guanidine groups is 1. The van der Waals surface area contributed by atoms with Crippen LogP contribution in [0.5, 0.6) is 0 Å². The summed E-state index contributed by atoms with van der Waals surface area (Å²) in [6, 6.07) is 5.69. The van der Waals surface area contributed by atoms with E-state index in [0.29, 0.717) is 25.6 Å². The van der Waals surface area contributed by atoms with E-state index in [1.54, 1.807) is 14.0 Å². The fourth-order valence-electron chi connectivity index (χ4n) is 1.88. The van der Waals surface area contributed by atoms with Crippen LogP contribution in [0, 0.1) is 0 Å². The van der Waals surface area contributed by atoms with Crippen LogP contribution in [0.4, 0.5) is 0 Å². The predicted molar refractivity (Wildman–Crippen MR) is 104 cm³/mol. The maximum absolute atomic E-state index is 11.3. The Morgan fingerprint density at radius 3 is 2.75 bits per heavy atom. The molecule has 2 aromatic rings. The summed E-state index contributed by atoms with van der Waals surface area (Å²) in [5.74, 6) is 1.39. The van der Waals surface area contributed by atoms with Crippen molar-refractivity contribution in [1.29, 1.82) is 0 Å². The van der Waals surface area contributed by atoms with Crippen LogP contribution in [0.15, 0.2) is 29.4 Å². The molecule has 0 spiro atoms. The molecule has 24 heavy (non-hydrogen) atoms. The van der Waals surface area contributed by atoms with Crippen molar-refractivity contribution < 1.29 is 8.42 Å². The van der Waals surface area contributed by atoms with Gasteiger partial charge in [0.2, 0.25) is 10.0 Å². The third kappa shape index (κ3) is 5.87. The number of halogens is 1. The van der Waals surface area contributed by atoms with Crippen molar-refractivity contribution in [3.05, 3.63) is 30.2 Å². The Morgan fingerprint density at radius 1 is 1.25 bits per heavy atom. The van der Waals surface area contributed by atoms with Gasteiger partial charge in [0.05, 0.1) is 12.3 Å². The van der Waals surface area contributed by atoms with Crippen LogP contribution in [0.2, 0.25) is 0 Å². The van der Waals surface area contributed by atoms with Crippen molar-refractivity contribution in [1.82, 2.24) is 30.0 Å². The van der Waals surface area contributed by atoms with Gasteiger partial charge in [-0.2, -0.15) is 0 Å². The highest BCUT2D eigenvalue weighted by Crippen LogP contribution is 2.01. The van der Waals surface area contributed by atoms with Crippen molar-refractivity contribution >= 4 is 45.6 Å². The van der Waals surface area contributed by atoms with Gasteiger partial charge in [-0.1, -0.05) is 6.07 Å². The Bertz CT molecular complexity index is 775. The standard InChI is InChI=1S/C13H21N7O2S.HI/c1-3-23(21,22)17-8-7-15-13(14-2)16-10-12-19-18-11-6-4-5-9-20(11)12;/h4-6,9,17H,3,7-8,10H2,1-2H3,(H2,14,15,16);1H. The van der Waals surface area contributed by atoms with Crippen LogP contribution in [0.1, 0.15) is 12.7 Å². The van der Waals surface area contributed by atoms with Gasteiger partial charge < -0.3 is 10.6 Å². The van der Waals surface area contributed by atoms with E-state index in [0.717, 1.165) is 11.5 Å². The lowest BCUT2D eigenvalue weighted by atomic mass is 10.4. The minimum absolute atomic E-state index is 0. The minimum atomic E-state index is -3.17. The lowest BCUT2D eigenvalue weighted by molar-refractivity contribution is 0.581. The Hall–Kier alpha value is -1.47. The first kappa shape index (κ1) is 20.6. The average molecular weight is 467 g/mol. The molecular weight excluding hydrogens is 445 g/mol. The summed E-state index contributed by atoms with van der Waals surface area (Å²) in [6.07, 6.45) is 1.89. The Balaban J connectivity index is 0.00000288. The summed E-state index contributed by atoms with van der Waals surface area (Å²) in [6.45, 7) is 2.77. The van der Waals surface area contributed by atoms with Crippen molar-refractivity contribution in [2.45, 2.75) is 13.5 Å². The van der Waals surface area contributed by atoms with Crippen LogP contribution >= 0.6 is 24.0 Å². The van der Waals surface area contributed by atoms with Crippen molar-refractivity contribution in [2.75, 3.05) is 25.9 Å². The number of pyridine rings is 1. The van der Waals surface area contributed by atoms with Crippen molar-refractivity contribution in [2.24, 2.45) is 4.99 Å². The van der Waals surface area contributed by atoms with Crippen LogP contribution in [-0.2, 0) is 16.6 Å². The molecule has 2 heterocycles. The molecule has 0 unspecified atom stereocenters. The molecule has 0 saturated heterocycles. The molecule has 0 aliphatic carbocycles. The Labute approximate surface area is 158 Å². The van der Waals surface area contributed by atoms with Crippen LogP contribution in [-0.4, -0.2) is 54.9 Å². The predicted octanol–water partition coefficient (Wildman–Crippen LogP) is -0.0484. The smallest absolute Gasteiger partial charge is 0.211 e. The fourth-order valence-corrected chi connectivity index (χ4v) is 2.50. The number of nitrogens with zero attached hydrogens (tertiary/aromatic N) is 4. The average Bonchev–Trinajstić information content (AvgIpc) is 2.97. The molecule has 11 heteroatoms. The van der Waals surface area contributed by atoms with E-state index in [4.69, 9.17) is 0 Å². The molecule has 0 bridgehead atoms. The Morgan fingerprint density at radius 2 is 2.04 bits per heavy atom. The fraction of sp³-hybridized carbons (Fsp3) is 0.462. The summed E-state index contributed by atoms with van der Waals surface area (Å²) in [7, 11) is -1.52. The second kappa shape index (κ2) is 9.74. The SMILES string of the molecule is CCS(=O)(=O)NCCNC(=NC)NCc1nnc2ccccn12.I. The quantitative estimate of drug-likeness (QED) is 0.228. The summed E-state index contributed by atoms with van der Waals surface area (Å²) in [5, 5.41) is 14.3. The second-order valence-electron chi connectivity index (χ2n) is 4.70. The van der Waals surface area contributed by atoms with Gasteiger partial charge in [0.1, 0.15) is 0 Å². The van der Waals surface area contributed by atoms with Gasteiger partial charge in [0.15, 0.2) is 17.4 Å². The first-order valence-electron chi connectivity index (χ1n) is 7.26. The second-order valence-corrected chi connectivity index (χ2v) is 6.79. The summed E-state index contributed by atoms with van der Waals surface area (Å²) in [5.41, 5.74) is 0.779. The molecule has 3 N–H and O–H groups in total. The van der Waals surface area contributed by atoms with Crippen molar-refractivity contribution in [3.8, 4) is 0 Å². The van der Waals surface area contributed by atoms with Crippen LogP contribution in [0.3, 0.4) is 0 Å². The maximum atomic E-state index is 11.3. The molecular formula is C13H22IN7O2S.